The van der Waals surface area contributed by atoms with Crippen LogP contribution in [-0.4, -0.2) is 23.2 Å². The van der Waals surface area contributed by atoms with Crippen LogP contribution >= 0.6 is 35.0 Å². The molecule has 120 valence electrons. The van der Waals surface area contributed by atoms with Crippen LogP contribution in [0.4, 0.5) is 10.5 Å². The second kappa shape index (κ2) is 7.04. The zero-order valence-electron chi connectivity index (χ0n) is 12.6. The molecule has 1 heterocycles. The number of halogens is 2. The van der Waals surface area contributed by atoms with Crippen LogP contribution in [0.25, 0.3) is 0 Å². The fraction of sp³-hybridized carbons (Fsp3) is 0.235. The molecule has 1 aliphatic heterocycles. The number of aryl methyl sites for hydroxylation is 1. The summed E-state index contributed by atoms with van der Waals surface area (Å²) in [6.45, 7) is 2.65. The predicted molar refractivity (Wildman–Crippen MR) is 98.6 cm³/mol. The molecule has 0 bridgehead atoms. The van der Waals surface area contributed by atoms with Crippen LogP contribution in [0.1, 0.15) is 16.5 Å². The van der Waals surface area contributed by atoms with Crippen LogP contribution in [-0.2, 0) is 0 Å². The van der Waals surface area contributed by atoms with Crippen molar-refractivity contribution in [1.82, 2.24) is 4.90 Å². The average Bonchev–Trinajstić information content (AvgIpc) is 3.02. The van der Waals surface area contributed by atoms with Crippen LogP contribution in [0, 0.1) is 6.92 Å². The van der Waals surface area contributed by atoms with Gasteiger partial charge in [0, 0.05) is 23.5 Å². The van der Waals surface area contributed by atoms with Gasteiger partial charge in [-0.15, -0.1) is 11.8 Å². The lowest BCUT2D eigenvalue weighted by molar-refractivity contribution is 0.214. The molecular formula is C17H16Cl2N2OS. The van der Waals surface area contributed by atoms with Gasteiger partial charge in [-0.1, -0.05) is 53.5 Å². The Bertz CT molecular complexity index is 738. The largest absolute Gasteiger partial charge is 0.323 e. The molecule has 2 amide bonds. The van der Waals surface area contributed by atoms with Gasteiger partial charge in [0.15, 0.2) is 0 Å². The van der Waals surface area contributed by atoms with Crippen molar-refractivity contribution in [2.24, 2.45) is 0 Å². The Hall–Kier alpha value is -1.36. The Morgan fingerprint density at radius 2 is 2.00 bits per heavy atom. The first-order chi connectivity index (χ1) is 11.1. The molecule has 1 fully saturated rings. The second-order valence-electron chi connectivity index (χ2n) is 5.30. The summed E-state index contributed by atoms with van der Waals surface area (Å²) in [5.41, 5.74) is 2.73. The number of carbonyl (C=O) groups is 1. The van der Waals surface area contributed by atoms with Gasteiger partial charge >= 0.3 is 6.03 Å². The number of amides is 2. The number of benzene rings is 2. The SMILES string of the molecule is Cc1ccccc1NC(=O)N1CCS[C@@H]1c1cccc(Cl)c1Cl. The maximum atomic E-state index is 12.7. The minimum absolute atomic E-state index is 0.120. The van der Waals surface area contributed by atoms with Gasteiger partial charge in [0.2, 0.25) is 0 Å². The molecule has 0 radical (unpaired) electrons. The summed E-state index contributed by atoms with van der Waals surface area (Å²) in [7, 11) is 0. The molecule has 3 nitrogen and oxygen atoms in total. The van der Waals surface area contributed by atoms with Crippen LogP contribution in [0.3, 0.4) is 0 Å². The summed E-state index contributed by atoms with van der Waals surface area (Å²) in [6, 6.07) is 13.1. The monoisotopic (exact) mass is 366 g/mol. The number of hydrogen-bond donors (Lipinski definition) is 1. The van der Waals surface area contributed by atoms with E-state index in [2.05, 4.69) is 5.32 Å². The van der Waals surface area contributed by atoms with Gasteiger partial charge in [-0.3, -0.25) is 0 Å². The zero-order chi connectivity index (χ0) is 16.4. The Labute approximate surface area is 150 Å². The molecule has 1 atom stereocenters. The minimum Gasteiger partial charge on any atom is -0.308 e. The van der Waals surface area contributed by atoms with Crippen LogP contribution in [0.5, 0.6) is 0 Å². The first-order valence-electron chi connectivity index (χ1n) is 7.26. The van der Waals surface area contributed by atoms with E-state index < -0.39 is 0 Å². The fourth-order valence-electron chi connectivity index (χ4n) is 2.55. The van der Waals surface area contributed by atoms with Crippen molar-refractivity contribution in [3.05, 3.63) is 63.6 Å². The van der Waals surface area contributed by atoms with E-state index in [1.165, 1.54) is 0 Å². The highest BCUT2D eigenvalue weighted by molar-refractivity contribution is 7.99. The minimum atomic E-state index is -0.120. The second-order valence-corrected chi connectivity index (χ2v) is 7.28. The van der Waals surface area contributed by atoms with Crippen LogP contribution in [0.15, 0.2) is 42.5 Å². The lowest BCUT2D eigenvalue weighted by Gasteiger charge is -2.25. The van der Waals surface area contributed by atoms with Gasteiger partial charge in [0.05, 0.1) is 10.0 Å². The zero-order valence-corrected chi connectivity index (χ0v) is 14.9. The number of rotatable bonds is 2. The Morgan fingerprint density at radius 1 is 1.22 bits per heavy atom. The van der Waals surface area contributed by atoms with Crippen molar-refractivity contribution in [1.29, 1.82) is 0 Å². The molecule has 0 aromatic heterocycles. The lowest BCUT2D eigenvalue weighted by atomic mass is 10.2. The topological polar surface area (TPSA) is 32.3 Å². The van der Waals surface area contributed by atoms with E-state index in [0.717, 1.165) is 22.6 Å². The molecule has 0 spiro atoms. The summed E-state index contributed by atoms with van der Waals surface area (Å²) in [6.07, 6.45) is 0. The number of thioether (sulfide) groups is 1. The number of urea groups is 1. The molecule has 0 unspecified atom stereocenters. The molecule has 0 saturated carbocycles. The van der Waals surface area contributed by atoms with Gasteiger partial charge in [0.25, 0.3) is 0 Å². The molecule has 23 heavy (non-hydrogen) atoms. The third-order valence-corrected chi connectivity index (χ3v) is 5.86. The number of para-hydroxylation sites is 1. The van der Waals surface area contributed by atoms with Crippen molar-refractivity contribution in [2.45, 2.75) is 12.3 Å². The van der Waals surface area contributed by atoms with Gasteiger partial charge in [-0.25, -0.2) is 4.79 Å². The van der Waals surface area contributed by atoms with E-state index in [-0.39, 0.29) is 11.4 Å². The van der Waals surface area contributed by atoms with E-state index in [1.54, 1.807) is 22.7 Å². The standard InChI is InChI=1S/C17H16Cl2N2OS/c1-11-5-2-3-8-14(11)20-17(22)21-9-10-23-16(21)12-6-4-7-13(18)15(12)19/h2-8,16H,9-10H2,1H3,(H,20,22)/t16-/m1/s1. The quantitative estimate of drug-likeness (QED) is 0.751. The molecule has 2 aromatic carbocycles. The van der Waals surface area contributed by atoms with E-state index in [9.17, 15) is 4.79 Å². The van der Waals surface area contributed by atoms with Crippen molar-refractivity contribution in [3.63, 3.8) is 0 Å². The molecule has 1 aliphatic rings. The number of hydrogen-bond acceptors (Lipinski definition) is 2. The summed E-state index contributed by atoms with van der Waals surface area (Å²) < 4.78 is 0. The summed E-state index contributed by atoms with van der Waals surface area (Å²) in [5, 5.41) is 3.89. The van der Waals surface area contributed by atoms with E-state index in [0.29, 0.717) is 16.6 Å². The van der Waals surface area contributed by atoms with Crippen LogP contribution in [0.2, 0.25) is 10.0 Å². The summed E-state index contributed by atoms with van der Waals surface area (Å²) in [4.78, 5) is 14.5. The highest BCUT2D eigenvalue weighted by Gasteiger charge is 2.32. The van der Waals surface area contributed by atoms with Crippen molar-refractivity contribution < 1.29 is 4.79 Å². The smallest absolute Gasteiger partial charge is 0.308 e. The third kappa shape index (κ3) is 3.44. The molecule has 1 N–H and O–H groups in total. The van der Waals surface area contributed by atoms with Crippen molar-refractivity contribution in [3.8, 4) is 0 Å². The maximum Gasteiger partial charge on any atom is 0.323 e. The van der Waals surface area contributed by atoms with Crippen molar-refractivity contribution >= 4 is 46.7 Å². The van der Waals surface area contributed by atoms with Gasteiger partial charge in [-0.2, -0.15) is 0 Å². The molecule has 6 heteroatoms. The number of carbonyl (C=O) groups excluding carboxylic acids is 1. The average molecular weight is 367 g/mol. The number of nitrogens with one attached hydrogen (secondary N) is 1. The highest BCUT2D eigenvalue weighted by atomic mass is 35.5. The Morgan fingerprint density at radius 3 is 2.78 bits per heavy atom. The highest BCUT2D eigenvalue weighted by Crippen LogP contribution is 2.42. The Balaban J connectivity index is 1.83. The molecule has 1 saturated heterocycles. The van der Waals surface area contributed by atoms with Crippen molar-refractivity contribution in [2.75, 3.05) is 17.6 Å². The lowest BCUT2D eigenvalue weighted by Crippen LogP contribution is -2.34. The third-order valence-electron chi connectivity index (χ3n) is 3.79. The predicted octanol–water partition coefficient (Wildman–Crippen LogP) is 5.58. The van der Waals surface area contributed by atoms with Gasteiger partial charge in [0.1, 0.15) is 5.37 Å². The summed E-state index contributed by atoms with van der Waals surface area (Å²) >= 11 is 14.1. The molecule has 2 aromatic rings. The summed E-state index contributed by atoms with van der Waals surface area (Å²) in [5.74, 6) is 0.870. The molecule has 0 aliphatic carbocycles. The molecule has 3 rings (SSSR count). The van der Waals surface area contributed by atoms with Crippen LogP contribution < -0.4 is 5.32 Å². The first-order valence-corrected chi connectivity index (χ1v) is 9.07. The normalized spacial score (nSPS) is 17.3. The first kappa shape index (κ1) is 16.5. The maximum absolute atomic E-state index is 12.7. The Kier molecular flexibility index (Phi) is 5.05. The number of nitrogens with zero attached hydrogens (tertiary/aromatic N) is 1. The van der Waals surface area contributed by atoms with E-state index >= 15 is 0 Å². The molecular weight excluding hydrogens is 351 g/mol. The fourth-order valence-corrected chi connectivity index (χ4v) is 4.31. The van der Waals surface area contributed by atoms with E-state index in [1.807, 2.05) is 43.3 Å². The van der Waals surface area contributed by atoms with Gasteiger partial charge in [-0.05, 0) is 24.6 Å². The van der Waals surface area contributed by atoms with Gasteiger partial charge < -0.3 is 10.2 Å². The number of anilines is 1. The van der Waals surface area contributed by atoms with E-state index in [4.69, 9.17) is 23.2 Å².